The predicted octanol–water partition coefficient (Wildman–Crippen LogP) is 3.63. The Morgan fingerprint density at radius 3 is 2.45 bits per heavy atom. The van der Waals surface area contributed by atoms with Gasteiger partial charge < -0.3 is 10.6 Å². The lowest BCUT2D eigenvalue weighted by Crippen LogP contribution is -2.27. The number of anilines is 1. The largest absolute Gasteiger partial charge is 0.351 e. The van der Waals surface area contributed by atoms with Crippen molar-refractivity contribution >= 4 is 28.8 Å². The fraction of sp³-hybridized carbons (Fsp3) is 0.294. The molecule has 0 bridgehead atoms. The molecule has 0 radical (unpaired) electrons. The highest BCUT2D eigenvalue weighted by Crippen LogP contribution is 2.17. The Morgan fingerprint density at radius 2 is 1.86 bits per heavy atom. The molecule has 1 aromatic heterocycles. The maximum Gasteiger partial charge on any atom is 0.261 e. The number of carbonyl (C=O) groups excluding carboxylic acids is 2. The van der Waals surface area contributed by atoms with Crippen molar-refractivity contribution in [1.29, 1.82) is 0 Å². The van der Waals surface area contributed by atoms with E-state index in [1.807, 2.05) is 35.7 Å². The van der Waals surface area contributed by atoms with Crippen LogP contribution in [0.1, 0.15) is 41.4 Å². The van der Waals surface area contributed by atoms with Gasteiger partial charge in [-0.05, 0) is 35.1 Å². The van der Waals surface area contributed by atoms with Gasteiger partial charge in [-0.3, -0.25) is 9.59 Å². The number of hydrogen-bond donors (Lipinski definition) is 2. The fourth-order valence-corrected chi connectivity index (χ4v) is 2.60. The van der Waals surface area contributed by atoms with Crippen LogP contribution in [0.2, 0.25) is 0 Å². The molecule has 0 aliphatic carbocycles. The molecule has 2 aromatic rings. The Labute approximate surface area is 134 Å². The number of hydrogen-bond acceptors (Lipinski definition) is 3. The van der Waals surface area contributed by atoms with Crippen molar-refractivity contribution in [3.63, 3.8) is 0 Å². The summed E-state index contributed by atoms with van der Waals surface area (Å²) in [4.78, 5) is 24.2. The number of amides is 2. The molecule has 0 spiro atoms. The lowest BCUT2D eigenvalue weighted by atomic mass is 10.0. The first-order valence-corrected chi connectivity index (χ1v) is 8.15. The Balaban J connectivity index is 1.75. The second kappa shape index (κ2) is 7.75. The highest BCUT2D eigenvalue weighted by atomic mass is 32.1. The molecule has 0 saturated carbocycles. The standard InChI is InChI=1S/C17H20N2O2S/c1-12(2)13-5-7-14(8-6-13)19-16(20)9-10-18-17(21)15-4-3-11-22-15/h3-8,11-12H,9-10H2,1-2H3,(H,18,21)(H,19,20). The van der Waals surface area contributed by atoms with Gasteiger partial charge in [-0.15, -0.1) is 11.3 Å². The van der Waals surface area contributed by atoms with Crippen molar-refractivity contribution in [3.05, 3.63) is 52.2 Å². The van der Waals surface area contributed by atoms with Gasteiger partial charge >= 0.3 is 0 Å². The first-order chi connectivity index (χ1) is 10.6. The minimum absolute atomic E-state index is 0.108. The zero-order chi connectivity index (χ0) is 15.9. The van der Waals surface area contributed by atoms with Crippen LogP contribution in [0, 0.1) is 0 Å². The average molecular weight is 316 g/mol. The molecule has 0 unspecified atom stereocenters. The van der Waals surface area contributed by atoms with E-state index in [-0.39, 0.29) is 18.2 Å². The molecule has 116 valence electrons. The Kier molecular flexibility index (Phi) is 5.72. The highest BCUT2D eigenvalue weighted by molar-refractivity contribution is 7.12. The molecule has 0 aliphatic heterocycles. The van der Waals surface area contributed by atoms with Gasteiger partial charge in [0.05, 0.1) is 4.88 Å². The van der Waals surface area contributed by atoms with Crippen LogP contribution in [-0.2, 0) is 4.79 Å². The maximum atomic E-state index is 11.8. The zero-order valence-corrected chi connectivity index (χ0v) is 13.6. The topological polar surface area (TPSA) is 58.2 Å². The second-order valence-electron chi connectivity index (χ2n) is 5.31. The molecule has 1 aromatic carbocycles. The Hall–Kier alpha value is -2.14. The summed E-state index contributed by atoms with van der Waals surface area (Å²) in [7, 11) is 0. The number of carbonyl (C=O) groups is 2. The monoisotopic (exact) mass is 316 g/mol. The first-order valence-electron chi connectivity index (χ1n) is 7.28. The van der Waals surface area contributed by atoms with Crippen molar-refractivity contribution in [2.24, 2.45) is 0 Å². The summed E-state index contributed by atoms with van der Waals surface area (Å²) in [5, 5.41) is 7.42. The number of thiophene rings is 1. The second-order valence-corrected chi connectivity index (χ2v) is 6.26. The van der Waals surface area contributed by atoms with Crippen molar-refractivity contribution in [1.82, 2.24) is 5.32 Å². The van der Waals surface area contributed by atoms with Crippen LogP contribution in [0.3, 0.4) is 0 Å². The van der Waals surface area contributed by atoms with Gasteiger partial charge in [0, 0.05) is 18.7 Å². The first kappa shape index (κ1) is 16.2. The van der Waals surface area contributed by atoms with Crippen molar-refractivity contribution in [2.45, 2.75) is 26.2 Å². The van der Waals surface area contributed by atoms with E-state index in [0.29, 0.717) is 17.3 Å². The Bertz CT molecular complexity index is 619. The summed E-state index contributed by atoms with van der Waals surface area (Å²) in [6.07, 6.45) is 0.253. The average Bonchev–Trinajstić information content (AvgIpc) is 3.02. The zero-order valence-electron chi connectivity index (χ0n) is 12.8. The molecule has 0 atom stereocenters. The summed E-state index contributed by atoms with van der Waals surface area (Å²) in [6.45, 7) is 4.58. The van der Waals surface area contributed by atoms with E-state index in [1.165, 1.54) is 16.9 Å². The molecular formula is C17H20N2O2S. The van der Waals surface area contributed by atoms with E-state index < -0.39 is 0 Å². The van der Waals surface area contributed by atoms with Crippen molar-refractivity contribution in [2.75, 3.05) is 11.9 Å². The quantitative estimate of drug-likeness (QED) is 0.855. The summed E-state index contributed by atoms with van der Waals surface area (Å²) in [5.74, 6) is 0.227. The van der Waals surface area contributed by atoms with Crippen LogP contribution >= 0.6 is 11.3 Å². The van der Waals surface area contributed by atoms with Crippen LogP contribution < -0.4 is 10.6 Å². The van der Waals surface area contributed by atoms with Crippen LogP contribution in [-0.4, -0.2) is 18.4 Å². The van der Waals surface area contributed by atoms with Crippen LogP contribution in [0.4, 0.5) is 5.69 Å². The van der Waals surface area contributed by atoms with Crippen molar-refractivity contribution < 1.29 is 9.59 Å². The highest BCUT2D eigenvalue weighted by Gasteiger charge is 2.07. The smallest absolute Gasteiger partial charge is 0.261 e. The van der Waals surface area contributed by atoms with Gasteiger partial charge in [-0.2, -0.15) is 0 Å². The third kappa shape index (κ3) is 4.70. The number of nitrogens with one attached hydrogen (secondary N) is 2. The molecular weight excluding hydrogens is 296 g/mol. The van der Waals surface area contributed by atoms with E-state index in [0.717, 1.165) is 5.69 Å². The molecule has 0 saturated heterocycles. The lowest BCUT2D eigenvalue weighted by Gasteiger charge is -2.09. The van der Waals surface area contributed by atoms with E-state index in [2.05, 4.69) is 24.5 Å². The number of rotatable bonds is 6. The molecule has 1 heterocycles. The minimum Gasteiger partial charge on any atom is -0.351 e. The fourth-order valence-electron chi connectivity index (χ4n) is 1.96. The SMILES string of the molecule is CC(C)c1ccc(NC(=O)CCNC(=O)c2cccs2)cc1. The van der Waals surface area contributed by atoms with Gasteiger partial charge in [-0.1, -0.05) is 32.0 Å². The van der Waals surface area contributed by atoms with Crippen molar-refractivity contribution in [3.8, 4) is 0 Å². The summed E-state index contributed by atoms with van der Waals surface area (Å²) in [5.41, 5.74) is 2.01. The number of benzene rings is 1. The molecule has 2 rings (SSSR count). The molecule has 2 N–H and O–H groups in total. The van der Waals surface area contributed by atoms with Crippen LogP contribution in [0.15, 0.2) is 41.8 Å². The molecule has 0 fully saturated rings. The lowest BCUT2D eigenvalue weighted by molar-refractivity contribution is -0.116. The van der Waals surface area contributed by atoms with Crippen LogP contribution in [0.5, 0.6) is 0 Å². The van der Waals surface area contributed by atoms with Gasteiger partial charge in [0.1, 0.15) is 0 Å². The summed E-state index contributed by atoms with van der Waals surface area (Å²) >= 11 is 1.38. The maximum absolute atomic E-state index is 11.8. The Morgan fingerprint density at radius 1 is 1.14 bits per heavy atom. The summed E-state index contributed by atoms with van der Waals surface area (Å²) < 4.78 is 0. The molecule has 2 amide bonds. The van der Waals surface area contributed by atoms with E-state index in [9.17, 15) is 9.59 Å². The normalized spacial score (nSPS) is 10.5. The van der Waals surface area contributed by atoms with E-state index in [1.54, 1.807) is 6.07 Å². The minimum atomic E-state index is -0.135. The van der Waals surface area contributed by atoms with Gasteiger partial charge in [0.15, 0.2) is 0 Å². The molecule has 5 heteroatoms. The van der Waals surface area contributed by atoms with E-state index in [4.69, 9.17) is 0 Å². The van der Waals surface area contributed by atoms with Gasteiger partial charge in [0.2, 0.25) is 5.91 Å². The third-order valence-corrected chi connectivity index (χ3v) is 4.11. The molecule has 4 nitrogen and oxygen atoms in total. The molecule has 22 heavy (non-hydrogen) atoms. The summed E-state index contributed by atoms with van der Waals surface area (Å²) in [6, 6.07) is 11.4. The third-order valence-electron chi connectivity index (χ3n) is 3.24. The van der Waals surface area contributed by atoms with Gasteiger partial charge in [0.25, 0.3) is 5.91 Å². The predicted molar refractivity (Wildman–Crippen MR) is 90.4 cm³/mol. The molecule has 0 aliphatic rings. The van der Waals surface area contributed by atoms with Gasteiger partial charge in [-0.25, -0.2) is 0 Å². The van der Waals surface area contributed by atoms with Crippen LogP contribution in [0.25, 0.3) is 0 Å². The van der Waals surface area contributed by atoms with E-state index >= 15 is 0 Å².